The molecule has 1 aromatic carbocycles. The van der Waals surface area contributed by atoms with Gasteiger partial charge in [0.25, 0.3) is 11.9 Å². The molecule has 2 aliphatic rings. The van der Waals surface area contributed by atoms with Gasteiger partial charge in [-0.2, -0.15) is 5.10 Å². The van der Waals surface area contributed by atoms with Crippen molar-refractivity contribution in [1.29, 1.82) is 0 Å². The first kappa shape index (κ1) is 17.1. The van der Waals surface area contributed by atoms with Crippen LogP contribution >= 0.6 is 0 Å². The van der Waals surface area contributed by atoms with Crippen LogP contribution in [0.1, 0.15) is 46.4 Å². The van der Waals surface area contributed by atoms with Crippen LogP contribution in [0.5, 0.6) is 0 Å². The summed E-state index contributed by atoms with van der Waals surface area (Å²) in [5.74, 6) is 0.579. The molecular weight excluding hydrogens is 350 g/mol. The smallest absolute Gasteiger partial charge is 0.257 e. The van der Waals surface area contributed by atoms with Gasteiger partial charge in [-0.3, -0.25) is 4.79 Å². The number of aromatic nitrogens is 4. The van der Waals surface area contributed by atoms with E-state index < -0.39 is 0 Å². The van der Waals surface area contributed by atoms with E-state index in [2.05, 4.69) is 34.3 Å². The second kappa shape index (κ2) is 6.86. The number of carbonyl (C=O) groups excluding carboxylic acids is 1. The normalized spacial score (nSPS) is 15.8. The Bertz CT molecular complexity index is 1050. The van der Waals surface area contributed by atoms with Crippen molar-refractivity contribution in [2.24, 2.45) is 0 Å². The molecule has 0 spiro atoms. The zero-order valence-corrected chi connectivity index (χ0v) is 16.1. The third-order valence-electron chi connectivity index (χ3n) is 5.84. The summed E-state index contributed by atoms with van der Waals surface area (Å²) in [5.41, 5.74) is 6.09. The van der Waals surface area contributed by atoms with E-state index in [0.29, 0.717) is 11.5 Å². The van der Waals surface area contributed by atoms with Crippen molar-refractivity contribution < 1.29 is 4.79 Å². The van der Waals surface area contributed by atoms with Crippen molar-refractivity contribution >= 4 is 5.91 Å². The van der Waals surface area contributed by atoms with Gasteiger partial charge in [0.1, 0.15) is 0 Å². The summed E-state index contributed by atoms with van der Waals surface area (Å²) >= 11 is 0. The van der Waals surface area contributed by atoms with E-state index in [0.717, 1.165) is 56.6 Å². The van der Waals surface area contributed by atoms with Crippen LogP contribution in [0.2, 0.25) is 0 Å². The van der Waals surface area contributed by atoms with Gasteiger partial charge in [-0.05, 0) is 50.2 Å². The largest absolute Gasteiger partial charge is 0.339 e. The third-order valence-corrected chi connectivity index (χ3v) is 5.84. The second-order valence-corrected chi connectivity index (χ2v) is 7.61. The minimum atomic E-state index is 0.0568. The lowest BCUT2D eigenvalue weighted by molar-refractivity contribution is 0.0792. The van der Waals surface area contributed by atoms with Crippen molar-refractivity contribution in [3.8, 4) is 17.2 Å². The summed E-state index contributed by atoms with van der Waals surface area (Å²) in [6.45, 7) is 3.57. The van der Waals surface area contributed by atoms with Gasteiger partial charge in [0, 0.05) is 24.8 Å². The first-order chi connectivity index (χ1) is 13.7. The van der Waals surface area contributed by atoms with Crippen LogP contribution < -0.4 is 0 Å². The summed E-state index contributed by atoms with van der Waals surface area (Å²) in [7, 11) is 0. The third kappa shape index (κ3) is 2.80. The first-order valence-electron chi connectivity index (χ1n) is 10.0. The Morgan fingerprint density at radius 3 is 2.64 bits per heavy atom. The second-order valence-electron chi connectivity index (χ2n) is 7.61. The van der Waals surface area contributed by atoms with Gasteiger partial charge in [0.15, 0.2) is 0 Å². The maximum Gasteiger partial charge on any atom is 0.257 e. The molecule has 3 heterocycles. The van der Waals surface area contributed by atoms with Crippen molar-refractivity contribution in [1.82, 2.24) is 24.6 Å². The number of hydrogen-bond donors (Lipinski definition) is 0. The molecule has 0 saturated carbocycles. The molecule has 1 aliphatic heterocycles. The number of hydrogen-bond acceptors (Lipinski definition) is 4. The van der Waals surface area contributed by atoms with E-state index in [4.69, 9.17) is 4.98 Å². The molecule has 28 heavy (non-hydrogen) atoms. The van der Waals surface area contributed by atoms with Crippen molar-refractivity contribution in [2.45, 2.75) is 39.0 Å². The molecule has 0 radical (unpaired) electrons. The molecule has 6 nitrogen and oxygen atoms in total. The fourth-order valence-electron chi connectivity index (χ4n) is 4.27. The molecule has 6 heteroatoms. The predicted octanol–water partition coefficient (Wildman–Crippen LogP) is 3.36. The summed E-state index contributed by atoms with van der Waals surface area (Å²) in [6.07, 6.45) is 8.85. The molecular formula is C22H23N5O. The van der Waals surface area contributed by atoms with Crippen LogP contribution in [0.25, 0.3) is 17.2 Å². The monoisotopic (exact) mass is 373 g/mol. The molecule has 1 amide bonds. The number of aryl methyl sites for hydroxylation is 2. The lowest BCUT2D eigenvalue weighted by atomic mass is 10.0. The number of likely N-dealkylation sites (tertiary alicyclic amines) is 1. The standard InChI is InChI=1S/C22H23N5O/c1-15-19(21(28)26-11-4-5-12-26)14-24-27(15)22-23-13-17-9-6-8-16-7-2-3-10-18(16)20(17)25-22/h2-3,7,10,13-14H,4-6,8-9,11-12H2,1H3. The quantitative estimate of drug-likeness (QED) is 0.691. The molecule has 1 fully saturated rings. The van der Waals surface area contributed by atoms with E-state index in [1.165, 1.54) is 16.7 Å². The topological polar surface area (TPSA) is 63.9 Å². The van der Waals surface area contributed by atoms with Crippen LogP contribution in [0.15, 0.2) is 36.7 Å². The van der Waals surface area contributed by atoms with Gasteiger partial charge in [-0.25, -0.2) is 14.6 Å². The number of rotatable bonds is 2. The highest BCUT2D eigenvalue weighted by atomic mass is 16.2. The average Bonchev–Trinajstić information content (AvgIpc) is 3.34. The fraction of sp³-hybridized carbons (Fsp3) is 0.364. The molecule has 0 unspecified atom stereocenters. The van der Waals surface area contributed by atoms with E-state index >= 15 is 0 Å². The minimum Gasteiger partial charge on any atom is -0.339 e. The van der Waals surface area contributed by atoms with Gasteiger partial charge >= 0.3 is 0 Å². The molecule has 2 aromatic heterocycles. The van der Waals surface area contributed by atoms with Crippen molar-refractivity contribution in [3.63, 3.8) is 0 Å². The number of carbonyl (C=O) groups is 1. The van der Waals surface area contributed by atoms with Crippen molar-refractivity contribution in [3.05, 3.63) is 59.0 Å². The van der Waals surface area contributed by atoms with E-state index in [-0.39, 0.29) is 5.91 Å². The molecule has 0 atom stereocenters. The summed E-state index contributed by atoms with van der Waals surface area (Å²) in [6, 6.07) is 8.45. The summed E-state index contributed by atoms with van der Waals surface area (Å²) in [4.78, 5) is 24.1. The summed E-state index contributed by atoms with van der Waals surface area (Å²) < 4.78 is 1.69. The highest BCUT2D eigenvalue weighted by Crippen LogP contribution is 2.31. The Hall–Kier alpha value is -3.02. The zero-order chi connectivity index (χ0) is 19.1. The molecule has 142 valence electrons. The van der Waals surface area contributed by atoms with Crippen LogP contribution in [0.4, 0.5) is 0 Å². The van der Waals surface area contributed by atoms with Crippen molar-refractivity contribution in [2.75, 3.05) is 13.1 Å². The van der Waals surface area contributed by atoms with Crippen LogP contribution in [-0.4, -0.2) is 43.6 Å². The number of amides is 1. The molecule has 0 bridgehead atoms. The predicted molar refractivity (Wildman–Crippen MR) is 106 cm³/mol. The number of fused-ring (bicyclic) bond motifs is 3. The van der Waals surface area contributed by atoms with E-state index in [1.54, 1.807) is 10.9 Å². The maximum absolute atomic E-state index is 12.8. The molecule has 1 aliphatic carbocycles. The Morgan fingerprint density at radius 1 is 1.00 bits per heavy atom. The Morgan fingerprint density at radius 2 is 1.79 bits per heavy atom. The molecule has 5 rings (SSSR count). The zero-order valence-electron chi connectivity index (χ0n) is 16.1. The molecule has 1 saturated heterocycles. The molecule has 3 aromatic rings. The highest BCUT2D eigenvalue weighted by molar-refractivity contribution is 5.95. The minimum absolute atomic E-state index is 0.0568. The van der Waals surface area contributed by atoms with Gasteiger partial charge in [0.2, 0.25) is 0 Å². The number of nitrogens with zero attached hydrogens (tertiary/aromatic N) is 5. The highest BCUT2D eigenvalue weighted by Gasteiger charge is 2.24. The Labute approximate surface area is 164 Å². The number of benzene rings is 1. The lowest BCUT2D eigenvalue weighted by Gasteiger charge is -2.14. The van der Waals surface area contributed by atoms with Crippen LogP contribution in [-0.2, 0) is 12.8 Å². The SMILES string of the molecule is Cc1c(C(=O)N2CCCC2)cnn1-c1ncc2c(n1)-c1ccccc1CCC2. The Balaban J connectivity index is 1.56. The average molecular weight is 373 g/mol. The first-order valence-corrected chi connectivity index (χ1v) is 10.0. The van der Waals surface area contributed by atoms with Gasteiger partial charge < -0.3 is 4.90 Å². The van der Waals surface area contributed by atoms with E-state index in [9.17, 15) is 4.79 Å². The van der Waals surface area contributed by atoms with Gasteiger partial charge in [-0.1, -0.05) is 24.3 Å². The van der Waals surface area contributed by atoms with Gasteiger partial charge in [-0.15, -0.1) is 0 Å². The Kier molecular flexibility index (Phi) is 4.19. The van der Waals surface area contributed by atoms with Crippen LogP contribution in [0, 0.1) is 6.92 Å². The lowest BCUT2D eigenvalue weighted by Crippen LogP contribution is -2.28. The van der Waals surface area contributed by atoms with E-state index in [1.807, 2.05) is 18.0 Å². The summed E-state index contributed by atoms with van der Waals surface area (Å²) in [5, 5.41) is 4.45. The van der Waals surface area contributed by atoms with Crippen LogP contribution in [0.3, 0.4) is 0 Å². The maximum atomic E-state index is 12.8. The fourth-order valence-corrected chi connectivity index (χ4v) is 4.27. The van der Waals surface area contributed by atoms with Gasteiger partial charge in [0.05, 0.1) is 23.1 Å². The molecule has 0 N–H and O–H groups in total.